The third-order valence-corrected chi connectivity index (χ3v) is 6.93. The van der Waals surface area contributed by atoms with E-state index < -0.39 is 47.7 Å². The van der Waals surface area contributed by atoms with Gasteiger partial charge in [-0.25, -0.2) is 8.78 Å². The molecule has 0 aromatic heterocycles. The van der Waals surface area contributed by atoms with Crippen LogP contribution in [0.4, 0.5) is 8.78 Å². The van der Waals surface area contributed by atoms with Gasteiger partial charge in [0.1, 0.15) is 18.2 Å². The predicted molar refractivity (Wildman–Crippen MR) is 137 cm³/mol. The van der Waals surface area contributed by atoms with E-state index >= 15 is 0 Å². The number of aliphatic carboxylic acids is 1. The van der Waals surface area contributed by atoms with Crippen LogP contribution >= 0.6 is 0 Å². The lowest BCUT2D eigenvalue weighted by Crippen LogP contribution is -2.57. The van der Waals surface area contributed by atoms with Gasteiger partial charge in [0.05, 0.1) is 17.7 Å². The van der Waals surface area contributed by atoms with Crippen LogP contribution in [0.25, 0.3) is 0 Å². The first-order valence-electron chi connectivity index (χ1n) is 12.6. The Morgan fingerprint density at radius 2 is 1.82 bits per heavy atom. The maximum Gasteiger partial charge on any atom is 0.323 e. The number of aliphatic hydroxyl groups excluding tert-OH is 1. The summed E-state index contributed by atoms with van der Waals surface area (Å²) in [6, 6.07) is 9.97. The lowest BCUT2D eigenvalue weighted by atomic mass is 9.79. The van der Waals surface area contributed by atoms with Gasteiger partial charge in [-0.1, -0.05) is 38.1 Å². The van der Waals surface area contributed by atoms with E-state index in [1.807, 2.05) is 24.3 Å². The SMILES string of the molecule is CC(=O)N[C@@H](Cc1cc(F)cc(F)c1)[C@H](O)CNC1(c2cccc(C(C)C)c2)CCN(CC(=O)O)C(=O)C1. The molecule has 1 fully saturated rings. The first-order valence-corrected chi connectivity index (χ1v) is 12.6. The molecule has 0 bridgehead atoms. The molecule has 1 saturated heterocycles. The molecule has 2 aromatic rings. The second-order valence-corrected chi connectivity index (χ2v) is 10.2. The van der Waals surface area contributed by atoms with E-state index in [2.05, 4.69) is 24.5 Å². The standard InChI is InChI=1S/C28H35F2N3O5/c1-17(2)20-5-4-6-21(12-20)28(7-8-33(16-27(37)38)26(36)14-28)31-15-25(35)24(32-18(3)34)11-19-9-22(29)13-23(30)10-19/h4-6,9-10,12-13,17,24-25,31,35H,7-8,11,14-16H2,1-3H3,(H,32,34)(H,37,38)/t24-,25+,28?/m0/s1. The highest BCUT2D eigenvalue weighted by atomic mass is 19.1. The Balaban J connectivity index is 1.86. The third-order valence-electron chi connectivity index (χ3n) is 6.93. The number of carboxylic acids is 1. The summed E-state index contributed by atoms with van der Waals surface area (Å²) in [4.78, 5) is 37.4. The molecule has 1 heterocycles. The van der Waals surface area contributed by atoms with Crippen LogP contribution in [0, 0.1) is 11.6 Å². The number of nitrogens with one attached hydrogen (secondary N) is 2. The summed E-state index contributed by atoms with van der Waals surface area (Å²) in [5.41, 5.74) is 1.29. The molecule has 8 nitrogen and oxygen atoms in total. The molecule has 2 aromatic carbocycles. The van der Waals surface area contributed by atoms with Crippen molar-refractivity contribution in [3.8, 4) is 0 Å². The van der Waals surface area contributed by atoms with Crippen LogP contribution in [0.15, 0.2) is 42.5 Å². The predicted octanol–water partition coefficient (Wildman–Crippen LogP) is 2.69. The van der Waals surface area contributed by atoms with Crippen molar-refractivity contribution in [1.82, 2.24) is 15.5 Å². The Bertz CT molecular complexity index is 1150. The summed E-state index contributed by atoms with van der Waals surface area (Å²) in [6.45, 7) is 5.17. The summed E-state index contributed by atoms with van der Waals surface area (Å²) in [6.07, 6.45) is -0.796. The zero-order valence-electron chi connectivity index (χ0n) is 21.8. The first kappa shape index (κ1) is 29.2. The van der Waals surface area contributed by atoms with Gasteiger partial charge in [0.25, 0.3) is 0 Å². The number of hydrogen-bond donors (Lipinski definition) is 4. The monoisotopic (exact) mass is 531 g/mol. The fraction of sp³-hybridized carbons (Fsp3) is 0.464. The highest BCUT2D eigenvalue weighted by molar-refractivity contribution is 5.83. The van der Waals surface area contributed by atoms with Crippen molar-refractivity contribution in [3.63, 3.8) is 0 Å². The fourth-order valence-electron chi connectivity index (χ4n) is 4.90. The van der Waals surface area contributed by atoms with Crippen LogP contribution in [0.2, 0.25) is 0 Å². The number of carbonyl (C=O) groups excluding carboxylic acids is 2. The number of carbonyl (C=O) groups is 3. The van der Waals surface area contributed by atoms with E-state index in [4.69, 9.17) is 5.11 Å². The molecule has 38 heavy (non-hydrogen) atoms. The fourth-order valence-corrected chi connectivity index (χ4v) is 4.90. The maximum atomic E-state index is 13.7. The topological polar surface area (TPSA) is 119 Å². The number of rotatable bonds is 11. The van der Waals surface area contributed by atoms with Gasteiger partial charge in [0, 0.05) is 32.5 Å². The van der Waals surface area contributed by atoms with E-state index in [-0.39, 0.29) is 43.3 Å². The first-order chi connectivity index (χ1) is 17.9. The Labute approximate surface area is 221 Å². The van der Waals surface area contributed by atoms with Gasteiger partial charge in [0.2, 0.25) is 11.8 Å². The second-order valence-electron chi connectivity index (χ2n) is 10.2. The molecule has 0 spiro atoms. The Hall–Kier alpha value is -3.37. The van der Waals surface area contributed by atoms with E-state index in [1.165, 1.54) is 11.8 Å². The number of piperidine rings is 1. The molecular weight excluding hydrogens is 496 g/mol. The number of hydrogen-bond acceptors (Lipinski definition) is 5. The lowest BCUT2D eigenvalue weighted by molar-refractivity contribution is -0.147. The molecule has 2 amide bonds. The summed E-state index contributed by atoms with van der Waals surface area (Å²) in [7, 11) is 0. The number of halogens is 2. The summed E-state index contributed by atoms with van der Waals surface area (Å²) < 4.78 is 27.5. The molecule has 0 saturated carbocycles. The van der Waals surface area contributed by atoms with Gasteiger partial charge in [0.15, 0.2) is 0 Å². The van der Waals surface area contributed by atoms with Crippen molar-refractivity contribution in [2.45, 2.75) is 63.6 Å². The lowest BCUT2D eigenvalue weighted by Gasteiger charge is -2.43. The van der Waals surface area contributed by atoms with Crippen molar-refractivity contribution in [3.05, 3.63) is 70.8 Å². The number of aliphatic hydroxyl groups is 1. The van der Waals surface area contributed by atoms with Crippen LogP contribution in [-0.2, 0) is 26.3 Å². The molecule has 206 valence electrons. The van der Waals surface area contributed by atoms with Crippen molar-refractivity contribution in [2.24, 2.45) is 0 Å². The summed E-state index contributed by atoms with van der Waals surface area (Å²) >= 11 is 0. The zero-order chi connectivity index (χ0) is 28.0. The van der Waals surface area contributed by atoms with Gasteiger partial charge in [-0.05, 0) is 47.6 Å². The molecule has 1 aliphatic rings. The van der Waals surface area contributed by atoms with Gasteiger partial charge < -0.3 is 25.7 Å². The highest BCUT2D eigenvalue weighted by Gasteiger charge is 2.41. The van der Waals surface area contributed by atoms with E-state index in [0.717, 1.165) is 29.3 Å². The Kier molecular flexibility index (Phi) is 9.56. The van der Waals surface area contributed by atoms with Crippen LogP contribution in [0.5, 0.6) is 0 Å². The molecule has 0 radical (unpaired) electrons. The van der Waals surface area contributed by atoms with E-state index in [1.54, 1.807) is 0 Å². The summed E-state index contributed by atoms with van der Waals surface area (Å²) in [5.74, 6) is -3.12. The average Bonchev–Trinajstić information content (AvgIpc) is 2.82. The van der Waals surface area contributed by atoms with Crippen molar-refractivity contribution >= 4 is 17.8 Å². The van der Waals surface area contributed by atoms with E-state index in [0.29, 0.717) is 6.42 Å². The minimum absolute atomic E-state index is 0.0156. The largest absolute Gasteiger partial charge is 0.480 e. The molecule has 10 heteroatoms. The molecular formula is C28H35F2N3O5. The van der Waals surface area contributed by atoms with Crippen molar-refractivity contribution in [2.75, 3.05) is 19.6 Å². The Morgan fingerprint density at radius 1 is 1.13 bits per heavy atom. The number of amides is 2. The Morgan fingerprint density at radius 3 is 2.39 bits per heavy atom. The summed E-state index contributed by atoms with van der Waals surface area (Å²) in [5, 5.41) is 26.3. The minimum Gasteiger partial charge on any atom is -0.480 e. The molecule has 1 aliphatic heterocycles. The number of nitrogens with zero attached hydrogens (tertiary/aromatic N) is 1. The quantitative estimate of drug-likeness (QED) is 0.354. The zero-order valence-corrected chi connectivity index (χ0v) is 21.8. The van der Waals surface area contributed by atoms with Crippen molar-refractivity contribution < 1.29 is 33.4 Å². The average molecular weight is 532 g/mol. The molecule has 1 unspecified atom stereocenters. The number of carboxylic acid groups (broad SMARTS) is 1. The maximum absolute atomic E-state index is 13.7. The van der Waals surface area contributed by atoms with Gasteiger partial charge >= 0.3 is 5.97 Å². The van der Waals surface area contributed by atoms with Crippen LogP contribution in [0.3, 0.4) is 0 Å². The van der Waals surface area contributed by atoms with Gasteiger partial charge in [-0.3, -0.25) is 14.4 Å². The minimum atomic E-state index is -1.16. The highest BCUT2D eigenvalue weighted by Crippen LogP contribution is 2.35. The second kappa shape index (κ2) is 12.4. The van der Waals surface area contributed by atoms with Gasteiger partial charge in [-0.15, -0.1) is 0 Å². The molecule has 0 aliphatic carbocycles. The van der Waals surface area contributed by atoms with Crippen LogP contribution < -0.4 is 10.6 Å². The third kappa shape index (κ3) is 7.58. The van der Waals surface area contributed by atoms with Crippen LogP contribution in [0.1, 0.15) is 56.2 Å². The normalized spacial score (nSPS) is 19.3. The smallest absolute Gasteiger partial charge is 0.323 e. The molecule has 4 N–H and O–H groups in total. The van der Waals surface area contributed by atoms with Crippen LogP contribution in [-0.4, -0.2) is 64.7 Å². The van der Waals surface area contributed by atoms with Gasteiger partial charge in [-0.2, -0.15) is 0 Å². The molecule has 3 rings (SSSR count). The molecule has 3 atom stereocenters. The number of likely N-dealkylation sites (tertiary alicyclic amines) is 1. The van der Waals surface area contributed by atoms with E-state index in [9.17, 15) is 28.3 Å². The number of benzene rings is 2. The van der Waals surface area contributed by atoms with Crippen molar-refractivity contribution in [1.29, 1.82) is 0 Å².